The molecule has 0 aromatic rings. The lowest BCUT2D eigenvalue weighted by molar-refractivity contribution is -0.145. The lowest BCUT2D eigenvalue weighted by Gasteiger charge is -2.10. The van der Waals surface area contributed by atoms with Crippen LogP contribution in [0.4, 0.5) is 0 Å². The number of hydrogen-bond donors (Lipinski definition) is 1. The van der Waals surface area contributed by atoms with E-state index in [4.69, 9.17) is 9.47 Å². The third-order valence-corrected chi connectivity index (χ3v) is 1.99. The van der Waals surface area contributed by atoms with Gasteiger partial charge in [-0.05, 0) is 19.8 Å². The van der Waals surface area contributed by atoms with Crippen molar-refractivity contribution in [1.82, 2.24) is 0 Å². The molecule has 1 saturated heterocycles. The first kappa shape index (κ1) is 9.86. The van der Waals surface area contributed by atoms with Crippen molar-refractivity contribution in [2.24, 2.45) is 0 Å². The van der Waals surface area contributed by atoms with Crippen LogP contribution in [0.3, 0.4) is 0 Å². The fourth-order valence-electron chi connectivity index (χ4n) is 1.07. The molecule has 0 saturated carbocycles. The number of hydrogen-bond acceptors (Lipinski definition) is 4. The summed E-state index contributed by atoms with van der Waals surface area (Å²) < 4.78 is 10.2. The van der Waals surface area contributed by atoms with Gasteiger partial charge in [0.1, 0.15) is 6.61 Å². The van der Waals surface area contributed by atoms with Crippen molar-refractivity contribution in [3.63, 3.8) is 0 Å². The van der Waals surface area contributed by atoms with Gasteiger partial charge in [0, 0.05) is 6.61 Å². The van der Waals surface area contributed by atoms with Gasteiger partial charge in [0.25, 0.3) is 0 Å². The molecule has 1 aliphatic heterocycles. The lowest BCUT2D eigenvalue weighted by Crippen LogP contribution is -2.21. The van der Waals surface area contributed by atoms with E-state index in [1.807, 2.05) is 0 Å². The molecule has 0 aromatic heterocycles. The summed E-state index contributed by atoms with van der Waals surface area (Å²) in [6.45, 7) is 2.86. The Balaban J connectivity index is 2.12. The van der Waals surface area contributed by atoms with E-state index >= 15 is 0 Å². The van der Waals surface area contributed by atoms with Crippen LogP contribution in [0.1, 0.15) is 19.8 Å². The number of esters is 1. The topological polar surface area (TPSA) is 35.5 Å². The summed E-state index contributed by atoms with van der Waals surface area (Å²) in [5.74, 6) is -0.270. The molecule has 0 spiro atoms. The molecule has 0 bridgehead atoms. The summed E-state index contributed by atoms with van der Waals surface area (Å²) in [4.78, 5) is 10.9. The van der Waals surface area contributed by atoms with E-state index in [1.165, 1.54) is 0 Å². The Morgan fingerprint density at radius 1 is 1.83 bits per heavy atom. The van der Waals surface area contributed by atoms with Crippen LogP contribution in [0.25, 0.3) is 0 Å². The maximum absolute atomic E-state index is 10.9. The van der Waals surface area contributed by atoms with Crippen LogP contribution < -0.4 is 0 Å². The maximum Gasteiger partial charge on any atom is 0.318 e. The van der Waals surface area contributed by atoms with Gasteiger partial charge in [-0.3, -0.25) is 4.79 Å². The molecule has 1 fully saturated rings. The second kappa shape index (κ2) is 4.72. The molecule has 0 aliphatic carbocycles. The van der Waals surface area contributed by atoms with Crippen molar-refractivity contribution in [1.29, 1.82) is 0 Å². The molecule has 2 unspecified atom stereocenters. The van der Waals surface area contributed by atoms with Crippen molar-refractivity contribution in [3.8, 4) is 0 Å². The molecule has 0 radical (unpaired) electrons. The molecule has 1 rings (SSSR count). The maximum atomic E-state index is 10.9. The van der Waals surface area contributed by atoms with Crippen molar-refractivity contribution in [2.75, 3.05) is 13.2 Å². The third kappa shape index (κ3) is 3.03. The van der Waals surface area contributed by atoms with Gasteiger partial charge < -0.3 is 9.47 Å². The van der Waals surface area contributed by atoms with Crippen molar-refractivity contribution in [3.05, 3.63) is 0 Å². The highest BCUT2D eigenvalue weighted by Crippen LogP contribution is 2.12. The summed E-state index contributed by atoms with van der Waals surface area (Å²) >= 11 is 3.95. The predicted molar refractivity (Wildman–Crippen MR) is 48.4 cm³/mol. The first-order chi connectivity index (χ1) is 5.70. The van der Waals surface area contributed by atoms with Crippen molar-refractivity contribution < 1.29 is 14.3 Å². The molecular weight excluding hydrogens is 176 g/mol. The average Bonchev–Trinajstić information content (AvgIpc) is 2.51. The van der Waals surface area contributed by atoms with Gasteiger partial charge in [0.15, 0.2) is 0 Å². The van der Waals surface area contributed by atoms with Gasteiger partial charge in [-0.2, -0.15) is 12.6 Å². The predicted octanol–water partition coefficient (Wildman–Crippen LogP) is 1.03. The van der Waals surface area contributed by atoms with E-state index < -0.39 is 0 Å². The smallest absolute Gasteiger partial charge is 0.318 e. The fourth-order valence-corrected chi connectivity index (χ4v) is 1.15. The largest absolute Gasteiger partial charge is 0.462 e. The Hall–Kier alpha value is -0.220. The number of carbonyl (C=O) groups is 1. The zero-order chi connectivity index (χ0) is 8.97. The lowest BCUT2D eigenvalue weighted by atomic mass is 10.2. The van der Waals surface area contributed by atoms with E-state index in [2.05, 4.69) is 12.6 Å². The first-order valence-corrected chi connectivity index (χ1v) is 4.68. The van der Waals surface area contributed by atoms with Crippen LogP contribution in [-0.4, -0.2) is 30.5 Å². The molecule has 0 N–H and O–H groups in total. The van der Waals surface area contributed by atoms with Crippen molar-refractivity contribution in [2.45, 2.75) is 31.1 Å². The highest BCUT2D eigenvalue weighted by molar-refractivity contribution is 7.81. The van der Waals surface area contributed by atoms with Crippen LogP contribution in [0.5, 0.6) is 0 Å². The molecule has 3 nitrogen and oxygen atoms in total. The zero-order valence-corrected chi connectivity index (χ0v) is 8.05. The van der Waals surface area contributed by atoms with Crippen LogP contribution in [-0.2, 0) is 14.3 Å². The second-order valence-electron chi connectivity index (χ2n) is 2.94. The van der Waals surface area contributed by atoms with E-state index in [0.717, 1.165) is 19.4 Å². The van der Waals surface area contributed by atoms with Gasteiger partial charge in [0.05, 0.1) is 11.4 Å². The zero-order valence-electron chi connectivity index (χ0n) is 7.16. The Labute approximate surface area is 77.8 Å². The van der Waals surface area contributed by atoms with E-state index in [-0.39, 0.29) is 17.3 Å². The molecule has 0 aromatic carbocycles. The van der Waals surface area contributed by atoms with Crippen LogP contribution in [0, 0.1) is 0 Å². The molecule has 1 heterocycles. The Morgan fingerprint density at radius 2 is 2.58 bits per heavy atom. The highest BCUT2D eigenvalue weighted by atomic mass is 32.1. The highest BCUT2D eigenvalue weighted by Gasteiger charge is 2.18. The Kier molecular flexibility index (Phi) is 3.88. The van der Waals surface area contributed by atoms with Gasteiger partial charge in [-0.25, -0.2) is 0 Å². The summed E-state index contributed by atoms with van der Waals surface area (Å²) in [5, 5.41) is -0.341. The average molecular weight is 190 g/mol. The molecule has 0 amide bonds. The van der Waals surface area contributed by atoms with E-state index in [1.54, 1.807) is 6.92 Å². The second-order valence-corrected chi connectivity index (χ2v) is 3.72. The molecule has 4 heteroatoms. The molecule has 2 atom stereocenters. The standard InChI is InChI=1S/C8H14O3S/c1-6(12)8(9)11-5-7-3-2-4-10-7/h6-7,12H,2-5H2,1H3. The molecule has 70 valence electrons. The Morgan fingerprint density at radius 3 is 3.08 bits per heavy atom. The van der Waals surface area contributed by atoms with Crippen LogP contribution >= 0.6 is 12.6 Å². The van der Waals surface area contributed by atoms with Crippen molar-refractivity contribution >= 4 is 18.6 Å². The Bertz CT molecular complexity index is 152. The minimum atomic E-state index is -0.341. The van der Waals surface area contributed by atoms with Crippen LogP contribution in [0.15, 0.2) is 0 Å². The summed E-state index contributed by atoms with van der Waals surface area (Å²) in [5.41, 5.74) is 0. The molecular formula is C8H14O3S. The summed E-state index contributed by atoms with van der Waals surface area (Å²) in [6, 6.07) is 0. The van der Waals surface area contributed by atoms with E-state index in [0.29, 0.717) is 6.61 Å². The summed E-state index contributed by atoms with van der Waals surface area (Å²) in [7, 11) is 0. The van der Waals surface area contributed by atoms with Gasteiger partial charge in [-0.1, -0.05) is 0 Å². The van der Waals surface area contributed by atoms with Gasteiger partial charge >= 0.3 is 5.97 Å². The van der Waals surface area contributed by atoms with Gasteiger partial charge in [0.2, 0.25) is 0 Å². The quantitative estimate of drug-likeness (QED) is 0.533. The minimum absolute atomic E-state index is 0.112. The third-order valence-electron chi connectivity index (χ3n) is 1.78. The normalized spacial score (nSPS) is 25.3. The van der Waals surface area contributed by atoms with E-state index in [9.17, 15) is 4.79 Å². The number of carbonyl (C=O) groups excluding carboxylic acids is 1. The summed E-state index contributed by atoms with van der Waals surface area (Å²) in [6.07, 6.45) is 2.17. The molecule has 1 aliphatic rings. The van der Waals surface area contributed by atoms with Gasteiger partial charge in [-0.15, -0.1) is 0 Å². The molecule has 12 heavy (non-hydrogen) atoms. The minimum Gasteiger partial charge on any atom is -0.462 e. The monoisotopic (exact) mass is 190 g/mol. The number of rotatable bonds is 3. The first-order valence-electron chi connectivity index (χ1n) is 4.16. The van der Waals surface area contributed by atoms with Crippen LogP contribution in [0.2, 0.25) is 0 Å². The number of ether oxygens (including phenoxy) is 2. The SMILES string of the molecule is CC(S)C(=O)OCC1CCCO1. The fraction of sp³-hybridized carbons (Fsp3) is 0.875. The number of thiol groups is 1.